The topological polar surface area (TPSA) is 54.0 Å². The second-order valence-electron chi connectivity index (χ2n) is 3.65. The van der Waals surface area contributed by atoms with Crippen molar-refractivity contribution >= 4 is 29.0 Å². The van der Waals surface area contributed by atoms with Crippen molar-refractivity contribution in [3.8, 4) is 0 Å². The summed E-state index contributed by atoms with van der Waals surface area (Å²) in [6.45, 7) is 0. The molecular formula is C13H12ClN3O. The average Bonchev–Trinajstić information content (AvgIpc) is 2.39. The molecule has 0 spiro atoms. The molecule has 0 radical (unpaired) electrons. The van der Waals surface area contributed by atoms with Gasteiger partial charge in [-0.3, -0.25) is 4.79 Å². The summed E-state index contributed by atoms with van der Waals surface area (Å²) in [5, 5.41) is 6.19. The Kier molecular flexibility index (Phi) is 3.79. The van der Waals surface area contributed by atoms with Crippen molar-refractivity contribution in [1.29, 1.82) is 0 Å². The lowest BCUT2D eigenvalue weighted by atomic mass is 10.2. The van der Waals surface area contributed by atoms with Crippen LogP contribution in [0.25, 0.3) is 0 Å². The maximum atomic E-state index is 11.9. The SMILES string of the molecule is CNc1ccc(NC(=O)c2cccc(Cl)c2)cn1. The summed E-state index contributed by atoms with van der Waals surface area (Å²) in [6.07, 6.45) is 1.59. The fraction of sp³-hybridized carbons (Fsp3) is 0.0769. The second kappa shape index (κ2) is 5.51. The largest absolute Gasteiger partial charge is 0.373 e. The van der Waals surface area contributed by atoms with Crippen LogP contribution in [0.2, 0.25) is 5.02 Å². The molecule has 2 rings (SSSR count). The van der Waals surface area contributed by atoms with Crippen LogP contribution in [0.5, 0.6) is 0 Å². The van der Waals surface area contributed by atoms with Crippen LogP contribution < -0.4 is 10.6 Å². The van der Waals surface area contributed by atoms with Gasteiger partial charge in [0.2, 0.25) is 0 Å². The molecule has 1 heterocycles. The van der Waals surface area contributed by atoms with Crippen molar-refractivity contribution in [2.75, 3.05) is 17.7 Å². The number of hydrogen-bond donors (Lipinski definition) is 2. The summed E-state index contributed by atoms with van der Waals surface area (Å²) < 4.78 is 0. The van der Waals surface area contributed by atoms with E-state index in [2.05, 4.69) is 15.6 Å². The van der Waals surface area contributed by atoms with Crippen LogP contribution in [0, 0.1) is 0 Å². The van der Waals surface area contributed by atoms with Gasteiger partial charge >= 0.3 is 0 Å². The Hall–Kier alpha value is -2.07. The van der Waals surface area contributed by atoms with Crippen LogP contribution in [-0.4, -0.2) is 17.9 Å². The Morgan fingerprint density at radius 2 is 2.11 bits per heavy atom. The van der Waals surface area contributed by atoms with E-state index < -0.39 is 0 Å². The number of aromatic nitrogens is 1. The molecule has 2 N–H and O–H groups in total. The maximum absolute atomic E-state index is 11.9. The third-order valence-electron chi connectivity index (χ3n) is 2.36. The van der Waals surface area contributed by atoms with Crippen LogP contribution in [-0.2, 0) is 0 Å². The minimum atomic E-state index is -0.212. The third-order valence-corrected chi connectivity index (χ3v) is 2.60. The summed E-state index contributed by atoms with van der Waals surface area (Å²) >= 11 is 5.83. The molecule has 0 aliphatic rings. The number of nitrogens with one attached hydrogen (secondary N) is 2. The zero-order chi connectivity index (χ0) is 13.0. The van der Waals surface area contributed by atoms with E-state index >= 15 is 0 Å². The summed E-state index contributed by atoms with van der Waals surface area (Å²) in [4.78, 5) is 16.0. The van der Waals surface area contributed by atoms with Gasteiger partial charge in [0.1, 0.15) is 5.82 Å². The van der Waals surface area contributed by atoms with Crippen LogP contribution in [0.1, 0.15) is 10.4 Å². The van der Waals surface area contributed by atoms with Gasteiger partial charge in [0.25, 0.3) is 5.91 Å². The van der Waals surface area contributed by atoms with Crippen molar-refractivity contribution < 1.29 is 4.79 Å². The molecule has 4 nitrogen and oxygen atoms in total. The van der Waals surface area contributed by atoms with E-state index in [0.29, 0.717) is 16.3 Å². The number of carbonyl (C=O) groups is 1. The lowest BCUT2D eigenvalue weighted by Crippen LogP contribution is -2.12. The lowest BCUT2D eigenvalue weighted by Gasteiger charge is -2.06. The molecule has 92 valence electrons. The van der Waals surface area contributed by atoms with E-state index in [1.165, 1.54) is 0 Å². The number of pyridine rings is 1. The monoisotopic (exact) mass is 261 g/mol. The van der Waals surface area contributed by atoms with Gasteiger partial charge in [0, 0.05) is 17.6 Å². The summed E-state index contributed by atoms with van der Waals surface area (Å²) in [5.74, 6) is 0.535. The van der Waals surface area contributed by atoms with Crippen molar-refractivity contribution in [2.45, 2.75) is 0 Å². The highest BCUT2D eigenvalue weighted by Gasteiger charge is 2.06. The van der Waals surface area contributed by atoms with E-state index in [-0.39, 0.29) is 5.91 Å². The molecule has 0 aliphatic carbocycles. The van der Waals surface area contributed by atoms with E-state index in [0.717, 1.165) is 5.82 Å². The molecule has 18 heavy (non-hydrogen) atoms. The van der Waals surface area contributed by atoms with Crippen molar-refractivity contribution in [1.82, 2.24) is 4.98 Å². The zero-order valence-electron chi connectivity index (χ0n) is 9.77. The highest BCUT2D eigenvalue weighted by Crippen LogP contribution is 2.14. The number of nitrogens with zero attached hydrogens (tertiary/aromatic N) is 1. The Balaban J connectivity index is 2.11. The first-order valence-electron chi connectivity index (χ1n) is 5.40. The Bertz CT molecular complexity index is 554. The van der Waals surface area contributed by atoms with E-state index in [1.54, 1.807) is 49.6 Å². The van der Waals surface area contributed by atoms with Crippen LogP contribution in [0.4, 0.5) is 11.5 Å². The molecule has 0 aliphatic heterocycles. The van der Waals surface area contributed by atoms with Crippen molar-refractivity contribution in [3.05, 3.63) is 53.2 Å². The molecule has 2 aromatic rings. The fourth-order valence-electron chi connectivity index (χ4n) is 1.45. The summed E-state index contributed by atoms with van der Waals surface area (Å²) in [6, 6.07) is 10.3. The predicted octanol–water partition coefficient (Wildman–Crippen LogP) is 3.03. The molecule has 0 bridgehead atoms. The van der Waals surface area contributed by atoms with Gasteiger partial charge < -0.3 is 10.6 Å². The zero-order valence-corrected chi connectivity index (χ0v) is 10.5. The second-order valence-corrected chi connectivity index (χ2v) is 4.08. The first-order chi connectivity index (χ1) is 8.69. The van der Waals surface area contributed by atoms with Gasteiger partial charge in [-0.25, -0.2) is 4.98 Å². The smallest absolute Gasteiger partial charge is 0.255 e. The minimum Gasteiger partial charge on any atom is -0.373 e. The quantitative estimate of drug-likeness (QED) is 0.893. The van der Waals surface area contributed by atoms with Crippen molar-refractivity contribution in [3.63, 3.8) is 0 Å². The number of halogens is 1. The normalized spacial score (nSPS) is 9.89. The average molecular weight is 262 g/mol. The first-order valence-corrected chi connectivity index (χ1v) is 5.77. The Labute approximate surface area is 110 Å². The molecule has 0 fully saturated rings. The molecule has 5 heteroatoms. The van der Waals surface area contributed by atoms with Crippen LogP contribution in [0.15, 0.2) is 42.6 Å². The van der Waals surface area contributed by atoms with E-state index in [1.807, 2.05) is 0 Å². The van der Waals surface area contributed by atoms with E-state index in [4.69, 9.17) is 11.6 Å². The third kappa shape index (κ3) is 2.99. The van der Waals surface area contributed by atoms with Gasteiger partial charge in [-0.15, -0.1) is 0 Å². The standard InChI is InChI=1S/C13H12ClN3O/c1-15-12-6-5-11(8-16-12)17-13(18)9-3-2-4-10(14)7-9/h2-8H,1H3,(H,15,16)(H,17,18). The molecule has 0 atom stereocenters. The molecular weight excluding hydrogens is 250 g/mol. The molecule has 1 aromatic heterocycles. The molecule has 0 saturated heterocycles. The molecule has 1 amide bonds. The number of hydrogen-bond acceptors (Lipinski definition) is 3. The molecule has 0 unspecified atom stereocenters. The van der Waals surface area contributed by atoms with E-state index in [9.17, 15) is 4.79 Å². The maximum Gasteiger partial charge on any atom is 0.255 e. The Morgan fingerprint density at radius 3 is 2.72 bits per heavy atom. The molecule has 0 saturated carbocycles. The van der Waals surface area contributed by atoms with Gasteiger partial charge in [0.15, 0.2) is 0 Å². The number of rotatable bonds is 3. The summed E-state index contributed by atoms with van der Waals surface area (Å²) in [5.41, 5.74) is 1.15. The Morgan fingerprint density at radius 1 is 1.28 bits per heavy atom. The summed E-state index contributed by atoms with van der Waals surface area (Å²) in [7, 11) is 1.78. The lowest BCUT2D eigenvalue weighted by molar-refractivity contribution is 0.102. The predicted molar refractivity (Wildman–Crippen MR) is 73.2 cm³/mol. The number of benzene rings is 1. The highest BCUT2D eigenvalue weighted by atomic mass is 35.5. The van der Waals surface area contributed by atoms with Crippen LogP contribution >= 0.6 is 11.6 Å². The van der Waals surface area contributed by atoms with Crippen molar-refractivity contribution in [2.24, 2.45) is 0 Å². The number of carbonyl (C=O) groups excluding carboxylic acids is 1. The van der Waals surface area contributed by atoms with Gasteiger partial charge in [-0.2, -0.15) is 0 Å². The number of anilines is 2. The number of amides is 1. The highest BCUT2D eigenvalue weighted by molar-refractivity contribution is 6.31. The van der Waals surface area contributed by atoms with Gasteiger partial charge in [-0.1, -0.05) is 17.7 Å². The first kappa shape index (κ1) is 12.4. The van der Waals surface area contributed by atoms with Gasteiger partial charge in [0.05, 0.1) is 11.9 Å². The minimum absolute atomic E-state index is 0.212. The van der Waals surface area contributed by atoms with Crippen LogP contribution in [0.3, 0.4) is 0 Å². The molecule has 1 aromatic carbocycles. The fourth-order valence-corrected chi connectivity index (χ4v) is 1.64. The van der Waals surface area contributed by atoms with Gasteiger partial charge in [-0.05, 0) is 30.3 Å².